The van der Waals surface area contributed by atoms with Gasteiger partial charge in [0.1, 0.15) is 0 Å². The summed E-state index contributed by atoms with van der Waals surface area (Å²) in [4.78, 5) is 11.1. The van der Waals surface area contributed by atoms with Crippen LogP contribution >= 0.6 is 11.6 Å². The van der Waals surface area contributed by atoms with Gasteiger partial charge in [0.2, 0.25) is 0 Å². The molecule has 0 radical (unpaired) electrons. The van der Waals surface area contributed by atoms with Crippen molar-refractivity contribution in [1.82, 2.24) is 5.32 Å². The number of ether oxygens (including phenoxy) is 1. The van der Waals surface area contributed by atoms with E-state index < -0.39 is 0 Å². The Balaban J connectivity index is 2.30. The Hall–Kier alpha value is -1.06. The van der Waals surface area contributed by atoms with Crippen molar-refractivity contribution in [1.29, 1.82) is 0 Å². The van der Waals surface area contributed by atoms with Gasteiger partial charge in [-0.2, -0.15) is 0 Å². The number of hydrogen-bond acceptors (Lipinski definition) is 3. The minimum atomic E-state index is -0.191. The van der Waals surface area contributed by atoms with E-state index in [2.05, 4.69) is 10.1 Å². The average Bonchev–Trinajstić information content (AvgIpc) is 2.30. The van der Waals surface area contributed by atoms with Gasteiger partial charge in [0.25, 0.3) is 0 Å². The Labute approximate surface area is 101 Å². The predicted molar refractivity (Wildman–Crippen MR) is 64.3 cm³/mol. The van der Waals surface area contributed by atoms with Gasteiger partial charge in [0.05, 0.1) is 13.0 Å². The van der Waals surface area contributed by atoms with Crippen molar-refractivity contribution in [2.24, 2.45) is 5.92 Å². The van der Waals surface area contributed by atoms with E-state index in [1.54, 1.807) is 0 Å². The minimum Gasteiger partial charge on any atom is -0.469 e. The lowest BCUT2D eigenvalue weighted by atomic mass is 10.1. The van der Waals surface area contributed by atoms with Crippen molar-refractivity contribution in [2.45, 2.75) is 13.5 Å². The fourth-order valence-electron chi connectivity index (χ4n) is 1.32. The lowest BCUT2D eigenvalue weighted by Crippen LogP contribution is -2.26. The van der Waals surface area contributed by atoms with Crippen molar-refractivity contribution in [3.63, 3.8) is 0 Å². The molecule has 0 aliphatic carbocycles. The molecule has 0 fully saturated rings. The Kier molecular flexibility index (Phi) is 5.29. The Bertz CT molecular complexity index is 337. The van der Waals surface area contributed by atoms with Crippen LogP contribution in [0.1, 0.15) is 12.5 Å². The standard InChI is InChI=1S/C12H16ClNO2/c1-9(12(15)16-2)7-14-8-10-3-5-11(13)6-4-10/h3-6,9,14H,7-8H2,1-2H3/t9-/m0/s1. The van der Waals surface area contributed by atoms with E-state index in [1.807, 2.05) is 31.2 Å². The van der Waals surface area contributed by atoms with Gasteiger partial charge in [0.15, 0.2) is 0 Å². The molecule has 0 unspecified atom stereocenters. The van der Waals surface area contributed by atoms with E-state index in [4.69, 9.17) is 11.6 Å². The molecule has 1 N–H and O–H groups in total. The molecule has 0 spiro atoms. The largest absolute Gasteiger partial charge is 0.469 e. The first-order chi connectivity index (χ1) is 7.63. The fraction of sp³-hybridized carbons (Fsp3) is 0.417. The number of hydrogen-bond donors (Lipinski definition) is 1. The van der Waals surface area contributed by atoms with Crippen LogP contribution in [0.15, 0.2) is 24.3 Å². The van der Waals surface area contributed by atoms with Crippen molar-refractivity contribution in [3.8, 4) is 0 Å². The van der Waals surface area contributed by atoms with Gasteiger partial charge in [-0.3, -0.25) is 4.79 Å². The number of benzene rings is 1. The van der Waals surface area contributed by atoms with Crippen molar-refractivity contribution in [3.05, 3.63) is 34.9 Å². The van der Waals surface area contributed by atoms with E-state index >= 15 is 0 Å². The number of halogens is 1. The number of carbonyl (C=O) groups is 1. The first-order valence-corrected chi connectivity index (χ1v) is 5.54. The third kappa shape index (κ3) is 4.21. The normalized spacial score (nSPS) is 12.2. The number of esters is 1. The van der Waals surface area contributed by atoms with Gasteiger partial charge in [-0.05, 0) is 17.7 Å². The predicted octanol–water partition coefficient (Wildman–Crippen LogP) is 2.24. The van der Waals surface area contributed by atoms with Gasteiger partial charge in [-0.25, -0.2) is 0 Å². The quantitative estimate of drug-likeness (QED) is 0.804. The van der Waals surface area contributed by atoms with Crippen LogP contribution in [0.5, 0.6) is 0 Å². The van der Waals surface area contributed by atoms with E-state index in [9.17, 15) is 4.79 Å². The smallest absolute Gasteiger partial charge is 0.309 e. The molecule has 0 aromatic heterocycles. The lowest BCUT2D eigenvalue weighted by Gasteiger charge is -2.10. The van der Waals surface area contributed by atoms with Crippen LogP contribution in [-0.4, -0.2) is 19.6 Å². The molecule has 0 saturated heterocycles. The summed E-state index contributed by atoms with van der Waals surface area (Å²) in [5.74, 6) is -0.319. The number of methoxy groups -OCH3 is 1. The molecule has 88 valence electrons. The van der Waals surface area contributed by atoms with Crippen LogP contribution in [0.3, 0.4) is 0 Å². The van der Waals surface area contributed by atoms with Crippen LogP contribution in [0.4, 0.5) is 0 Å². The second kappa shape index (κ2) is 6.51. The highest BCUT2D eigenvalue weighted by Crippen LogP contribution is 2.09. The molecular formula is C12H16ClNO2. The second-order valence-electron chi connectivity index (χ2n) is 3.68. The third-order valence-corrected chi connectivity index (χ3v) is 2.55. The summed E-state index contributed by atoms with van der Waals surface area (Å²) >= 11 is 5.77. The highest BCUT2D eigenvalue weighted by Gasteiger charge is 2.11. The van der Waals surface area contributed by atoms with Crippen molar-refractivity contribution >= 4 is 17.6 Å². The first kappa shape index (κ1) is 13.0. The number of carbonyl (C=O) groups excluding carboxylic acids is 1. The number of rotatable bonds is 5. The third-order valence-electron chi connectivity index (χ3n) is 2.30. The molecule has 0 heterocycles. The Morgan fingerprint density at radius 2 is 2.06 bits per heavy atom. The maximum Gasteiger partial charge on any atom is 0.309 e. The SMILES string of the molecule is COC(=O)[C@@H](C)CNCc1ccc(Cl)cc1. The molecule has 1 aromatic carbocycles. The van der Waals surface area contributed by atoms with Gasteiger partial charge >= 0.3 is 5.97 Å². The lowest BCUT2D eigenvalue weighted by molar-refractivity contribution is -0.144. The second-order valence-corrected chi connectivity index (χ2v) is 4.12. The summed E-state index contributed by atoms with van der Waals surface area (Å²) in [5.41, 5.74) is 1.14. The molecule has 1 aromatic rings. The highest BCUT2D eigenvalue weighted by atomic mass is 35.5. The molecule has 1 rings (SSSR count). The van der Waals surface area contributed by atoms with Crippen LogP contribution in [0, 0.1) is 5.92 Å². The Morgan fingerprint density at radius 1 is 1.44 bits per heavy atom. The molecule has 0 saturated carbocycles. The van der Waals surface area contributed by atoms with Gasteiger partial charge in [0, 0.05) is 18.1 Å². The number of nitrogens with one attached hydrogen (secondary N) is 1. The first-order valence-electron chi connectivity index (χ1n) is 5.16. The van der Waals surface area contributed by atoms with E-state index in [0.29, 0.717) is 6.54 Å². The zero-order chi connectivity index (χ0) is 12.0. The van der Waals surface area contributed by atoms with Gasteiger partial charge in [-0.15, -0.1) is 0 Å². The van der Waals surface area contributed by atoms with Crippen LogP contribution in [0.2, 0.25) is 5.02 Å². The minimum absolute atomic E-state index is 0.127. The van der Waals surface area contributed by atoms with Gasteiger partial charge in [-0.1, -0.05) is 30.7 Å². The molecule has 16 heavy (non-hydrogen) atoms. The summed E-state index contributed by atoms with van der Waals surface area (Å²) in [7, 11) is 1.40. The molecule has 0 amide bonds. The molecule has 0 bridgehead atoms. The topological polar surface area (TPSA) is 38.3 Å². The zero-order valence-electron chi connectivity index (χ0n) is 9.50. The van der Waals surface area contributed by atoms with Crippen molar-refractivity contribution < 1.29 is 9.53 Å². The maximum atomic E-state index is 11.1. The molecule has 3 nitrogen and oxygen atoms in total. The summed E-state index contributed by atoms with van der Waals surface area (Å²) in [5, 5.41) is 3.92. The van der Waals surface area contributed by atoms with E-state index in [-0.39, 0.29) is 11.9 Å². The zero-order valence-corrected chi connectivity index (χ0v) is 10.3. The van der Waals surface area contributed by atoms with Gasteiger partial charge < -0.3 is 10.1 Å². The molecule has 1 atom stereocenters. The molecule has 4 heteroatoms. The van der Waals surface area contributed by atoms with Crippen molar-refractivity contribution in [2.75, 3.05) is 13.7 Å². The summed E-state index contributed by atoms with van der Waals surface area (Å²) in [6.45, 7) is 3.16. The fourth-order valence-corrected chi connectivity index (χ4v) is 1.45. The van der Waals surface area contributed by atoms with Crippen LogP contribution in [-0.2, 0) is 16.1 Å². The van der Waals surface area contributed by atoms with E-state index in [1.165, 1.54) is 7.11 Å². The Morgan fingerprint density at radius 3 is 2.62 bits per heavy atom. The van der Waals surface area contributed by atoms with Crippen LogP contribution < -0.4 is 5.32 Å². The van der Waals surface area contributed by atoms with E-state index in [0.717, 1.165) is 17.1 Å². The summed E-state index contributed by atoms with van der Waals surface area (Å²) in [6, 6.07) is 7.61. The summed E-state index contributed by atoms with van der Waals surface area (Å²) in [6.07, 6.45) is 0. The van der Waals surface area contributed by atoms with Crippen LogP contribution in [0.25, 0.3) is 0 Å². The molecule has 0 aliphatic rings. The monoisotopic (exact) mass is 241 g/mol. The average molecular weight is 242 g/mol. The molecular weight excluding hydrogens is 226 g/mol. The maximum absolute atomic E-state index is 11.1. The molecule has 0 aliphatic heterocycles. The summed E-state index contributed by atoms with van der Waals surface area (Å²) < 4.78 is 4.63. The highest BCUT2D eigenvalue weighted by molar-refractivity contribution is 6.30.